The third-order valence-electron chi connectivity index (χ3n) is 5.27. The van der Waals surface area contributed by atoms with Gasteiger partial charge in [-0.25, -0.2) is 0 Å². The molecule has 1 heterocycles. The molecular weight excluding hydrogens is 284 g/mol. The zero-order chi connectivity index (χ0) is 16.6. The molecule has 1 fully saturated rings. The first-order chi connectivity index (χ1) is 10.9. The van der Waals surface area contributed by atoms with Gasteiger partial charge in [-0.05, 0) is 57.2 Å². The Labute approximate surface area is 139 Å². The highest BCUT2D eigenvalue weighted by atomic mass is 16.1. The van der Waals surface area contributed by atoms with Gasteiger partial charge >= 0.3 is 0 Å². The number of benzene rings is 1. The molecule has 0 amide bonds. The van der Waals surface area contributed by atoms with Gasteiger partial charge in [0.2, 0.25) is 0 Å². The Morgan fingerprint density at radius 3 is 2.65 bits per heavy atom. The molecule has 2 N–H and O–H groups in total. The molecule has 23 heavy (non-hydrogen) atoms. The van der Waals surface area contributed by atoms with Gasteiger partial charge in [-0.1, -0.05) is 25.3 Å². The van der Waals surface area contributed by atoms with Crippen molar-refractivity contribution in [3.8, 4) is 0 Å². The number of hydrogen-bond donors (Lipinski definition) is 1. The first-order valence-electron chi connectivity index (χ1n) is 8.86. The summed E-state index contributed by atoms with van der Waals surface area (Å²) < 4.78 is 0. The van der Waals surface area contributed by atoms with E-state index in [1.807, 2.05) is 13.0 Å². The fourth-order valence-electron chi connectivity index (χ4n) is 4.00. The molecule has 1 aromatic rings. The third kappa shape index (κ3) is 3.49. The maximum absolute atomic E-state index is 12.7. The van der Waals surface area contributed by atoms with Gasteiger partial charge in [0.15, 0.2) is 0 Å². The molecule has 0 atom stereocenters. The molecule has 0 radical (unpaired) electrons. The van der Waals surface area contributed by atoms with Crippen molar-refractivity contribution in [2.24, 2.45) is 10.9 Å². The van der Waals surface area contributed by atoms with Crippen LogP contribution in [0.4, 0.5) is 5.69 Å². The molecule has 3 nitrogen and oxygen atoms in total. The van der Waals surface area contributed by atoms with E-state index in [2.05, 4.69) is 19.9 Å². The van der Waals surface area contributed by atoms with Crippen molar-refractivity contribution >= 4 is 17.2 Å². The summed E-state index contributed by atoms with van der Waals surface area (Å²) in [5.41, 5.74) is 11.2. The van der Waals surface area contributed by atoms with Gasteiger partial charge in [0, 0.05) is 23.6 Å². The highest BCUT2D eigenvalue weighted by molar-refractivity contribution is 6.13. The number of rotatable bonds is 3. The van der Waals surface area contributed by atoms with Crippen molar-refractivity contribution in [3.63, 3.8) is 0 Å². The molecule has 124 valence electrons. The Balaban J connectivity index is 1.89. The summed E-state index contributed by atoms with van der Waals surface area (Å²) in [5, 5.41) is 0. The van der Waals surface area contributed by atoms with Crippen LogP contribution in [0.3, 0.4) is 0 Å². The maximum Gasteiger partial charge on any atom is 0.141 e. The highest BCUT2D eigenvalue weighted by Gasteiger charge is 2.30. The number of fused-ring (bicyclic) bond motifs is 1. The first-order valence-corrected chi connectivity index (χ1v) is 8.86. The minimum absolute atomic E-state index is 0.141. The lowest BCUT2D eigenvalue weighted by atomic mass is 9.81. The van der Waals surface area contributed by atoms with E-state index in [0.717, 1.165) is 41.8 Å². The van der Waals surface area contributed by atoms with Crippen LogP contribution in [0.25, 0.3) is 0 Å². The SMILES string of the molecule is Cc1cc2c(cc1N)C(CC(=O)C1CCCCC1)=NC(C)(C)C2. The lowest BCUT2D eigenvalue weighted by Crippen LogP contribution is -2.31. The van der Waals surface area contributed by atoms with Crippen LogP contribution in [0.2, 0.25) is 0 Å². The van der Waals surface area contributed by atoms with Crippen molar-refractivity contribution in [2.75, 3.05) is 5.73 Å². The van der Waals surface area contributed by atoms with Crippen LogP contribution in [0.5, 0.6) is 0 Å². The topological polar surface area (TPSA) is 55.5 Å². The number of hydrogen-bond acceptors (Lipinski definition) is 3. The Kier molecular flexibility index (Phi) is 4.31. The number of nitrogens with two attached hydrogens (primary N) is 1. The van der Waals surface area contributed by atoms with Gasteiger partial charge in [-0.3, -0.25) is 9.79 Å². The van der Waals surface area contributed by atoms with Crippen LogP contribution < -0.4 is 5.73 Å². The fraction of sp³-hybridized carbons (Fsp3) is 0.600. The zero-order valence-electron chi connectivity index (χ0n) is 14.6. The number of ketones is 1. The summed E-state index contributed by atoms with van der Waals surface area (Å²) in [7, 11) is 0. The summed E-state index contributed by atoms with van der Waals surface area (Å²) in [6.07, 6.45) is 7.13. The Morgan fingerprint density at radius 1 is 1.26 bits per heavy atom. The number of aryl methyl sites for hydroxylation is 1. The van der Waals surface area contributed by atoms with Gasteiger partial charge in [-0.15, -0.1) is 0 Å². The monoisotopic (exact) mass is 312 g/mol. The lowest BCUT2D eigenvalue weighted by molar-refractivity contribution is -0.122. The Morgan fingerprint density at radius 2 is 1.96 bits per heavy atom. The van der Waals surface area contributed by atoms with E-state index < -0.39 is 0 Å². The molecule has 2 aliphatic rings. The summed E-state index contributed by atoms with van der Waals surface area (Å²) in [5.74, 6) is 0.606. The van der Waals surface area contributed by atoms with Crippen LogP contribution in [0.15, 0.2) is 17.1 Å². The van der Waals surface area contributed by atoms with Gasteiger partial charge in [0.05, 0.1) is 11.3 Å². The van der Waals surface area contributed by atoms with E-state index in [1.54, 1.807) is 0 Å². The number of carbonyl (C=O) groups is 1. The summed E-state index contributed by atoms with van der Waals surface area (Å²) in [6, 6.07) is 4.19. The number of nitrogen functional groups attached to an aromatic ring is 1. The molecule has 3 heteroatoms. The first kappa shape index (κ1) is 16.2. The van der Waals surface area contributed by atoms with E-state index in [1.165, 1.54) is 24.8 Å². The molecule has 0 unspecified atom stereocenters. The molecule has 0 bridgehead atoms. The molecule has 0 saturated heterocycles. The minimum Gasteiger partial charge on any atom is -0.398 e. The van der Waals surface area contributed by atoms with Crippen LogP contribution in [0.1, 0.15) is 69.1 Å². The Hall–Kier alpha value is -1.64. The smallest absolute Gasteiger partial charge is 0.141 e. The van der Waals surface area contributed by atoms with Crippen LogP contribution in [0, 0.1) is 12.8 Å². The predicted octanol–water partition coefficient (Wildman–Crippen LogP) is 4.24. The molecule has 0 spiro atoms. The number of carbonyl (C=O) groups excluding carboxylic acids is 1. The minimum atomic E-state index is -0.141. The second-order valence-electron chi connectivity index (χ2n) is 7.89. The number of Topliss-reactive ketones (excluding diaryl/α,β-unsaturated/α-hetero) is 1. The van der Waals surface area contributed by atoms with Crippen LogP contribution >= 0.6 is 0 Å². The highest BCUT2D eigenvalue weighted by Crippen LogP contribution is 2.32. The summed E-state index contributed by atoms with van der Waals surface area (Å²) in [4.78, 5) is 17.6. The largest absolute Gasteiger partial charge is 0.398 e. The van der Waals surface area contributed by atoms with E-state index in [-0.39, 0.29) is 11.5 Å². The fourth-order valence-corrected chi connectivity index (χ4v) is 4.00. The van der Waals surface area contributed by atoms with Gasteiger partial charge in [-0.2, -0.15) is 0 Å². The second-order valence-corrected chi connectivity index (χ2v) is 7.89. The van der Waals surface area contributed by atoms with Gasteiger partial charge in [0.1, 0.15) is 5.78 Å². The molecule has 0 aromatic heterocycles. The second kappa shape index (κ2) is 6.10. The van der Waals surface area contributed by atoms with E-state index in [9.17, 15) is 4.79 Å². The predicted molar refractivity (Wildman–Crippen MR) is 96.1 cm³/mol. The lowest BCUT2D eigenvalue weighted by Gasteiger charge is -2.30. The maximum atomic E-state index is 12.7. The van der Waals surface area contributed by atoms with E-state index >= 15 is 0 Å². The van der Waals surface area contributed by atoms with Gasteiger partial charge in [0.25, 0.3) is 0 Å². The molecule has 1 aliphatic carbocycles. The number of anilines is 1. The third-order valence-corrected chi connectivity index (χ3v) is 5.27. The average molecular weight is 312 g/mol. The van der Waals surface area contributed by atoms with E-state index in [0.29, 0.717) is 12.2 Å². The zero-order valence-corrected chi connectivity index (χ0v) is 14.6. The number of aliphatic imine (C=N–C) groups is 1. The van der Waals surface area contributed by atoms with Crippen LogP contribution in [-0.2, 0) is 11.2 Å². The molecule has 1 saturated carbocycles. The summed E-state index contributed by atoms with van der Waals surface area (Å²) >= 11 is 0. The number of nitrogens with zero attached hydrogens (tertiary/aromatic N) is 1. The van der Waals surface area contributed by atoms with Crippen molar-refractivity contribution in [1.29, 1.82) is 0 Å². The van der Waals surface area contributed by atoms with Crippen molar-refractivity contribution in [1.82, 2.24) is 0 Å². The molecule has 1 aliphatic heterocycles. The summed E-state index contributed by atoms with van der Waals surface area (Å²) in [6.45, 7) is 6.33. The van der Waals surface area contributed by atoms with Crippen molar-refractivity contribution in [3.05, 3.63) is 28.8 Å². The van der Waals surface area contributed by atoms with Crippen molar-refractivity contribution < 1.29 is 4.79 Å². The van der Waals surface area contributed by atoms with Crippen LogP contribution in [-0.4, -0.2) is 17.0 Å². The average Bonchev–Trinajstić information content (AvgIpc) is 2.49. The quantitative estimate of drug-likeness (QED) is 0.849. The molecule has 1 aromatic carbocycles. The normalized spacial score (nSPS) is 20.7. The molecular formula is C20H28N2O. The van der Waals surface area contributed by atoms with Crippen molar-refractivity contribution in [2.45, 2.75) is 71.3 Å². The Bertz CT molecular complexity index is 652. The molecule has 3 rings (SSSR count). The van der Waals surface area contributed by atoms with E-state index in [4.69, 9.17) is 10.7 Å². The van der Waals surface area contributed by atoms with Gasteiger partial charge < -0.3 is 5.73 Å². The standard InChI is InChI=1S/C20H28N2O/c1-13-9-15-12-20(2,3)22-18(16(15)10-17(13)21)11-19(23)14-7-5-4-6-8-14/h9-10,14H,4-8,11-12,21H2,1-3H3.